The largest absolute Gasteiger partial charge is 0.465 e. The Morgan fingerprint density at radius 3 is 2.79 bits per heavy atom. The van der Waals surface area contributed by atoms with E-state index in [4.69, 9.17) is 10.5 Å². The monoisotopic (exact) mass is 372 g/mol. The van der Waals surface area contributed by atoms with Crippen molar-refractivity contribution in [3.05, 3.63) is 29.8 Å². The van der Waals surface area contributed by atoms with E-state index < -0.39 is 17.3 Å². The second-order valence-corrected chi connectivity index (χ2v) is 6.53. The number of halogens is 1. The van der Waals surface area contributed by atoms with Crippen LogP contribution in [0.4, 0.5) is 5.69 Å². The lowest BCUT2D eigenvalue weighted by Crippen LogP contribution is -2.36. The molecule has 24 heavy (non-hydrogen) atoms. The molecule has 1 heterocycles. The number of nitrogens with two attached hydrogens (primary N) is 1. The first-order chi connectivity index (χ1) is 10.9. The average molecular weight is 373 g/mol. The molecule has 6 nitrogen and oxygen atoms in total. The van der Waals surface area contributed by atoms with Gasteiger partial charge in [-0.2, -0.15) is 0 Å². The van der Waals surface area contributed by atoms with Gasteiger partial charge in [-0.3, -0.25) is 14.4 Å². The van der Waals surface area contributed by atoms with Crippen LogP contribution in [-0.2, 0) is 19.1 Å². The molecule has 1 aliphatic rings. The first-order valence-electron chi connectivity index (χ1n) is 7.41. The molecule has 0 radical (unpaired) electrons. The fourth-order valence-corrected chi connectivity index (χ4v) is 3.39. The van der Waals surface area contributed by atoms with Crippen molar-refractivity contribution in [2.24, 2.45) is 5.73 Å². The number of anilines is 1. The molecule has 0 saturated carbocycles. The second kappa shape index (κ2) is 9.05. The highest BCUT2D eigenvalue weighted by atomic mass is 35.5. The molecule has 2 atom stereocenters. The van der Waals surface area contributed by atoms with Crippen molar-refractivity contribution < 1.29 is 19.1 Å². The fraction of sp³-hybridized carbons (Fsp3) is 0.438. The van der Waals surface area contributed by atoms with Crippen LogP contribution in [0.1, 0.15) is 18.9 Å². The summed E-state index contributed by atoms with van der Waals surface area (Å²) in [5, 5.41) is -0.511. The van der Waals surface area contributed by atoms with Gasteiger partial charge in [-0.15, -0.1) is 24.2 Å². The highest BCUT2D eigenvalue weighted by molar-refractivity contribution is 8.00. The number of carbonyl (C=O) groups excluding carboxylic acids is 3. The summed E-state index contributed by atoms with van der Waals surface area (Å²) >= 11 is 1.22. The van der Waals surface area contributed by atoms with E-state index in [0.29, 0.717) is 5.69 Å². The van der Waals surface area contributed by atoms with Gasteiger partial charge in [-0.05, 0) is 31.5 Å². The molecule has 1 aromatic carbocycles. The van der Waals surface area contributed by atoms with E-state index in [1.165, 1.54) is 16.7 Å². The summed E-state index contributed by atoms with van der Waals surface area (Å²) in [6, 6.07) is 6.45. The van der Waals surface area contributed by atoms with Crippen molar-refractivity contribution in [2.75, 3.05) is 17.3 Å². The number of nitrogens with zero attached hydrogens (tertiary/aromatic N) is 1. The van der Waals surface area contributed by atoms with Crippen LogP contribution in [0, 0.1) is 6.92 Å². The van der Waals surface area contributed by atoms with Crippen LogP contribution in [0.5, 0.6) is 0 Å². The SMILES string of the molecule is CCOC(=O)C(N)CSC1CC(=O)N(c2cccc(C)c2)C1=O.Cl. The quantitative estimate of drug-likeness (QED) is 0.603. The summed E-state index contributed by atoms with van der Waals surface area (Å²) in [6.07, 6.45) is 0.118. The van der Waals surface area contributed by atoms with E-state index in [1.54, 1.807) is 19.1 Å². The predicted octanol–water partition coefficient (Wildman–Crippen LogP) is 1.67. The van der Waals surface area contributed by atoms with Gasteiger partial charge in [0.25, 0.3) is 0 Å². The molecule has 0 spiro atoms. The number of imide groups is 1. The average Bonchev–Trinajstić information content (AvgIpc) is 2.79. The van der Waals surface area contributed by atoms with Crippen LogP contribution >= 0.6 is 24.2 Å². The number of hydrogen-bond acceptors (Lipinski definition) is 6. The lowest BCUT2D eigenvalue weighted by molar-refractivity contribution is -0.144. The van der Waals surface area contributed by atoms with Crippen molar-refractivity contribution in [1.82, 2.24) is 0 Å². The van der Waals surface area contributed by atoms with E-state index in [-0.39, 0.29) is 43.0 Å². The molecule has 132 valence electrons. The molecule has 8 heteroatoms. The molecule has 1 saturated heterocycles. The lowest BCUT2D eigenvalue weighted by atomic mass is 10.2. The maximum absolute atomic E-state index is 12.5. The third-order valence-electron chi connectivity index (χ3n) is 3.43. The summed E-state index contributed by atoms with van der Waals surface area (Å²) in [7, 11) is 0. The Morgan fingerprint density at radius 2 is 2.17 bits per heavy atom. The first-order valence-corrected chi connectivity index (χ1v) is 8.46. The molecular weight excluding hydrogens is 352 g/mol. The molecule has 2 rings (SSSR count). The summed E-state index contributed by atoms with van der Waals surface area (Å²) < 4.78 is 4.83. The van der Waals surface area contributed by atoms with Gasteiger partial charge in [0.2, 0.25) is 11.8 Å². The Kier molecular flexibility index (Phi) is 7.72. The number of benzene rings is 1. The molecule has 2 amide bonds. The summed E-state index contributed by atoms with van der Waals surface area (Å²) in [4.78, 5) is 37.3. The van der Waals surface area contributed by atoms with Gasteiger partial charge in [0.15, 0.2) is 0 Å². The van der Waals surface area contributed by atoms with Crippen LogP contribution in [0.3, 0.4) is 0 Å². The van der Waals surface area contributed by atoms with E-state index in [2.05, 4.69) is 0 Å². The number of thioether (sulfide) groups is 1. The first kappa shape index (κ1) is 20.5. The van der Waals surface area contributed by atoms with E-state index in [0.717, 1.165) is 5.56 Å². The number of rotatable bonds is 6. The minimum Gasteiger partial charge on any atom is -0.465 e. The number of carbonyl (C=O) groups is 3. The van der Waals surface area contributed by atoms with Gasteiger partial charge in [-0.25, -0.2) is 4.90 Å². The number of hydrogen-bond donors (Lipinski definition) is 1. The van der Waals surface area contributed by atoms with Gasteiger partial charge in [0, 0.05) is 12.2 Å². The molecular formula is C16H21ClN2O4S. The van der Waals surface area contributed by atoms with Crippen LogP contribution in [0.25, 0.3) is 0 Å². The van der Waals surface area contributed by atoms with Crippen LogP contribution in [-0.4, -0.2) is 41.4 Å². The van der Waals surface area contributed by atoms with Crippen LogP contribution < -0.4 is 10.6 Å². The predicted molar refractivity (Wildman–Crippen MR) is 96.4 cm³/mol. The molecule has 0 bridgehead atoms. The van der Waals surface area contributed by atoms with Gasteiger partial charge in [0.1, 0.15) is 6.04 Å². The highest BCUT2D eigenvalue weighted by Crippen LogP contribution is 2.30. The minimum absolute atomic E-state index is 0. The van der Waals surface area contributed by atoms with Crippen molar-refractivity contribution in [2.45, 2.75) is 31.6 Å². The maximum atomic E-state index is 12.5. The normalized spacial score (nSPS) is 18.3. The van der Waals surface area contributed by atoms with Crippen molar-refractivity contribution in [3.8, 4) is 0 Å². The summed E-state index contributed by atoms with van der Waals surface area (Å²) in [5.41, 5.74) is 7.28. The number of esters is 1. The third-order valence-corrected chi connectivity index (χ3v) is 4.75. The van der Waals surface area contributed by atoms with Crippen LogP contribution in [0.2, 0.25) is 0 Å². The van der Waals surface area contributed by atoms with Gasteiger partial charge < -0.3 is 10.5 Å². The topological polar surface area (TPSA) is 89.7 Å². The molecule has 1 aromatic rings. The van der Waals surface area contributed by atoms with Crippen LogP contribution in [0.15, 0.2) is 24.3 Å². The van der Waals surface area contributed by atoms with E-state index in [1.807, 2.05) is 19.1 Å². The van der Waals surface area contributed by atoms with Crippen molar-refractivity contribution in [1.29, 1.82) is 0 Å². The summed E-state index contributed by atoms with van der Waals surface area (Å²) in [6.45, 7) is 3.87. The molecule has 2 unspecified atom stereocenters. The van der Waals surface area contributed by atoms with Crippen molar-refractivity contribution in [3.63, 3.8) is 0 Å². The molecule has 2 N–H and O–H groups in total. The second-order valence-electron chi connectivity index (χ2n) is 5.29. The Hall–Kier alpha value is -1.57. The molecule has 1 aliphatic heterocycles. The zero-order valence-electron chi connectivity index (χ0n) is 13.6. The Bertz CT molecular complexity index is 626. The third kappa shape index (κ3) is 4.72. The smallest absolute Gasteiger partial charge is 0.323 e. The lowest BCUT2D eigenvalue weighted by Gasteiger charge is -2.16. The summed E-state index contributed by atoms with van der Waals surface area (Å²) in [5.74, 6) is -0.749. The van der Waals surface area contributed by atoms with E-state index in [9.17, 15) is 14.4 Å². The Labute approximate surface area is 151 Å². The zero-order chi connectivity index (χ0) is 17.0. The molecule has 0 aliphatic carbocycles. The van der Waals surface area contributed by atoms with Gasteiger partial charge in [-0.1, -0.05) is 12.1 Å². The number of amides is 2. The minimum atomic E-state index is -0.795. The van der Waals surface area contributed by atoms with E-state index >= 15 is 0 Å². The molecule has 1 fully saturated rings. The van der Waals surface area contributed by atoms with Gasteiger partial charge >= 0.3 is 5.97 Å². The van der Waals surface area contributed by atoms with Crippen molar-refractivity contribution >= 4 is 47.6 Å². The molecule has 0 aromatic heterocycles. The fourth-order valence-electron chi connectivity index (χ4n) is 2.31. The van der Waals surface area contributed by atoms with Gasteiger partial charge in [0.05, 0.1) is 17.5 Å². The number of ether oxygens (including phenoxy) is 1. The Morgan fingerprint density at radius 1 is 1.46 bits per heavy atom. The maximum Gasteiger partial charge on any atom is 0.323 e. The highest BCUT2D eigenvalue weighted by Gasteiger charge is 2.40. The zero-order valence-corrected chi connectivity index (χ0v) is 15.2. The standard InChI is InChI=1S/C16H20N2O4S.ClH/c1-3-22-16(21)12(17)9-23-13-8-14(19)18(15(13)20)11-6-4-5-10(2)7-11;/h4-7,12-13H,3,8-9,17H2,1-2H3;1H. The Balaban J connectivity index is 0.00000288. The number of aryl methyl sites for hydroxylation is 1.